The predicted molar refractivity (Wildman–Crippen MR) is 144 cm³/mol. The first kappa shape index (κ1) is 24.7. The number of likely N-dealkylation sites (N-methyl/N-ethyl adjacent to an activating group) is 1. The van der Waals surface area contributed by atoms with Crippen molar-refractivity contribution >= 4 is 5.65 Å². The van der Waals surface area contributed by atoms with E-state index in [2.05, 4.69) is 78.2 Å². The maximum absolute atomic E-state index is 5.25. The lowest BCUT2D eigenvalue weighted by molar-refractivity contribution is 0.120. The van der Waals surface area contributed by atoms with Gasteiger partial charge >= 0.3 is 0 Å². The van der Waals surface area contributed by atoms with Gasteiger partial charge < -0.3 is 9.64 Å². The summed E-state index contributed by atoms with van der Waals surface area (Å²) in [6, 6.07) is 12.0. The van der Waals surface area contributed by atoms with Crippen molar-refractivity contribution in [3.63, 3.8) is 0 Å². The molecule has 1 N–H and O–H groups in total. The second-order valence-corrected chi connectivity index (χ2v) is 10.6. The second kappa shape index (κ2) is 10.5. The molecular formula is C29H38N6O. The Morgan fingerprint density at radius 1 is 1.11 bits per heavy atom. The van der Waals surface area contributed by atoms with E-state index < -0.39 is 0 Å². The fourth-order valence-corrected chi connectivity index (χ4v) is 5.77. The summed E-state index contributed by atoms with van der Waals surface area (Å²) < 4.78 is 7.09. The molecule has 5 rings (SSSR count). The van der Waals surface area contributed by atoms with Crippen molar-refractivity contribution in [1.29, 1.82) is 0 Å². The summed E-state index contributed by atoms with van der Waals surface area (Å²) in [6.07, 6.45) is 8.62. The Bertz CT molecular complexity index is 1300. The third kappa shape index (κ3) is 4.82. The number of fused-ring (bicyclic) bond motifs is 1. The summed E-state index contributed by atoms with van der Waals surface area (Å²) in [5, 5.41) is 12.5. The maximum atomic E-state index is 5.25. The maximum Gasteiger partial charge on any atom is 0.158 e. The topological polar surface area (TPSA) is 71.3 Å². The number of nitrogens with one attached hydrogen (secondary N) is 1. The van der Waals surface area contributed by atoms with Crippen LogP contribution in [0.1, 0.15) is 68.1 Å². The molecule has 0 saturated heterocycles. The highest BCUT2D eigenvalue weighted by atomic mass is 16.5. The number of pyridine rings is 1. The minimum Gasteiger partial charge on any atom is -0.383 e. The van der Waals surface area contributed by atoms with E-state index in [4.69, 9.17) is 9.84 Å². The lowest BCUT2D eigenvalue weighted by atomic mass is 9.81. The number of nitrogens with zero attached hydrogens (tertiary/aromatic N) is 5. The van der Waals surface area contributed by atoms with Gasteiger partial charge in [-0.1, -0.05) is 38.1 Å². The minimum atomic E-state index is 0.325. The van der Waals surface area contributed by atoms with E-state index >= 15 is 0 Å². The number of H-pyrrole nitrogens is 1. The van der Waals surface area contributed by atoms with Gasteiger partial charge in [0.15, 0.2) is 5.65 Å². The van der Waals surface area contributed by atoms with Crippen LogP contribution in [-0.4, -0.2) is 63.0 Å². The van der Waals surface area contributed by atoms with Crippen molar-refractivity contribution < 1.29 is 4.74 Å². The first-order valence-corrected chi connectivity index (χ1v) is 13.1. The summed E-state index contributed by atoms with van der Waals surface area (Å²) in [7, 11) is 4.01. The molecule has 1 aliphatic carbocycles. The molecule has 3 heterocycles. The molecule has 36 heavy (non-hydrogen) atoms. The van der Waals surface area contributed by atoms with Gasteiger partial charge in [-0.2, -0.15) is 10.2 Å². The Morgan fingerprint density at radius 2 is 1.86 bits per heavy atom. The standard InChI is InChI=1S/C29H38N6O/c1-19(2)26-27(32-33-28(26)24-16-20(3)29-30-18-31-35(29)17-24)23-8-6-21(7-9-23)22-10-12-25(13-11-22)34(4)14-15-36-5/h6-9,16-19,22,25H,10-15H2,1-5H3,(H,32,33). The van der Waals surface area contributed by atoms with Crippen LogP contribution in [0, 0.1) is 6.92 Å². The number of ether oxygens (including phenoxy) is 1. The summed E-state index contributed by atoms with van der Waals surface area (Å²) in [5.41, 5.74) is 9.00. The number of aromatic nitrogens is 5. The van der Waals surface area contributed by atoms with Crippen molar-refractivity contribution in [1.82, 2.24) is 29.7 Å². The molecule has 1 fully saturated rings. The predicted octanol–water partition coefficient (Wildman–Crippen LogP) is 5.82. The summed E-state index contributed by atoms with van der Waals surface area (Å²) in [4.78, 5) is 6.82. The molecule has 1 aliphatic rings. The normalized spacial score (nSPS) is 18.5. The Morgan fingerprint density at radius 3 is 2.56 bits per heavy atom. The van der Waals surface area contributed by atoms with Gasteiger partial charge in [0.2, 0.25) is 0 Å². The lowest BCUT2D eigenvalue weighted by Crippen LogP contribution is -2.36. The molecule has 0 amide bonds. The van der Waals surface area contributed by atoms with E-state index in [-0.39, 0.29) is 0 Å². The molecule has 0 spiro atoms. The van der Waals surface area contributed by atoms with Crippen LogP contribution < -0.4 is 0 Å². The van der Waals surface area contributed by atoms with Crippen LogP contribution in [-0.2, 0) is 4.74 Å². The number of benzene rings is 1. The van der Waals surface area contributed by atoms with Crippen LogP contribution in [0.25, 0.3) is 28.2 Å². The van der Waals surface area contributed by atoms with Gasteiger partial charge in [-0.05, 0) is 74.2 Å². The molecule has 0 bridgehead atoms. The Balaban J connectivity index is 1.35. The molecule has 1 aromatic carbocycles. The van der Waals surface area contributed by atoms with Crippen LogP contribution in [0.3, 0.4) is 0 Å². The number of aryl methyl sites for hydroxylation is 1. The quantitative estimate of drug-likeness (QED) is 0.340. The lowest BCUT2D eigenvalue weighted by Gasteiger charge is -2.34. The SMILES string of the molecule is COCCN(C)C1CCC(c2ccc(-c3[nH]nc(-c4cc(C)c5ncnn5c4)c3C(C)C)cc2)CC1. The van der Waals surface area contributed by atoms with Gasteiger partial charge in [-0.3, -0.25) is 5.10 Å². The highest BCUT2D eigenvalue weighted by molar-refractivity contribution is 5.76. The Hall–Kier alpha value is -3.03. The smallest absolute Gasteiger partial charge is 0.158 e. The third-order valence-corrected chi connectivity index (χ3v) is 7.85. The second-order valence-electron chi connectivity index (χ2n) is 10.6. The highest BCUT2D eigenvalue weighted by Gasteiger charge is 2.25. The van der Waals surface area contributed by atoms with Gasteiger partial charge in [0, 0.05) is 37.0 Å². The number of hydrogen-bond acceptors (Lipinski definition) is 5. The first-order valence-electron chi connectivity index (χ1n) is 13.1. The highest BCUT2D eigenvalue weighted by Crippen LogP contribution is 2.38. The summed E-state index contributed by atoms with van der Waals surface area (Å²) in [5.74, 6) is 0.968. The molecule has 3 aromatic heterocycles. The van der Waals surface area contributed by atoms with Crippen LogP contribution >= 0.6 is 0 Å². The van der Waals surface area contributed by atoms with Gasteiger partial charge in [-0.15, -0.1) is 0 Å². The van der Waals surface area contributed by atoms with E-state index in [1.54, 1.807) is 13.4 Å². The fourth-order valence-electron chi connectivity index (χ4n) is 5.77. The van der Waals surface area contributed by atoms with Crippen molar-refractivity contribution in [2.24, 2.45) is 0 Å². The van der Waals surface area contributed by atoms with E-state index in [9.17, 15) is 0 Å². The molecule has 0 aliphatic heterocycles. The zero-order valence-corrected chi connectivity index (χ0v) is 22.2. The van der Waals surface area contributed by atoms with Crippen LogP contribution in [0.5, 0.6) is 0 Å². The van der Waals surface area contributed by atoms with Gasteiger partial charge in [0.25, 0.3) is 0 Å². The van der Waals surface area contributed by atoms with Gasteiger partial charge in [-0.25, -0.2) is 9.50 Å². The van der Waals surface area contributed by atoms with Crippen molar-refractivity contribution in [3.8, 4) is 22.5 Å². The van der Waals surface area contributed by atoms with Crippen LogP contribution in [0.15, 0.2) is 42.9 Å². The number of rotatable bonds is 8. The van der Waals surface area contributed by atoms with E-state index in [1.807, 2.05) is 10.7 Å². The fraction of sp³-hybridized carbons (Fsp3) is 0.483. The molecule has 7 heteroatoms. The average molecular weight is 487 g/mol. The molecule has 7 nitrogen and oxygen atoms in total. The Kier molecular flexibility index (Phi) is 7.21. The molecule has 190 valence electrons. The summed E-state index contributed by atoms with van der Waals surface area (Å²) >= 11 is 0. The van der Waals surface area contributed by atoms with Crippen molar-refractivity contribution in [2.75, 3.05) is 27.3 Å². The Labute approximate surface area is 213 Å². The number of hydrogen-bond donors (Lipinski definition) is 1. The third-order valence-electron chi connectivity index (χ3n) is 7.85. The van der Waals surface area contributed by atoms with Crippen LogP contribution in [0.4, 0.5) is 0 Å². The van der Waals surface area contributed by atoms with E-state index in [1.165, 1.54) is 42.4 Å². The zero-order chi connectivity index (χ0) is 25.2. The molecular weight excluding hydrogens is 448 g/mol. The minimum absolute atomic E-state index is 0.325. The molecule has 0 atom stereocenters. The molecule has 1 saturated carbocycles. The summed E-state index contributed by atoms with van der Waals surface area (Å²) in [6.45, 7) is 8.35. The molecule has 0 unspecified atom stereocenters. The average Bonchev–Trinajstić information content (AvgIpc) is 3.55. The number of methoxy groups -OCH3 is 1. The van der Waals surface area contributed by atoms with Crippen LogP contribution in [0.2, 0.25) is 0 Å². The van der Waals surface area contributed by atoms with Crippen molar-refractivity contribution in [2.45, 2.75) is 64.3 Å². The first-order chi connectivity index (χ1) is 17.5. The van der Waals surface area contributed by atoms with Gasteiger partial charge in [0.1, 0.15) is 6.33 Å². The van der Waals surface area contributed by atoms with E-state index in [0.717, 1.165) is 41.3 Å². The zero-order valence-electron chi connectivity index (χ0n) is 22.2. The molecule has 4 aromatic rings. The van der Waals surface area contributed by atoms with Gasteiger partial charge in [0.05, 0.1) is 18.0 Å². The molecule has 0 radical (unpaired) electrons. The largest absolute Gasteiger partial charge is 0.383 e. The number of aromatic amines is 1. The van der Waals surface area contributed by atoms with E-state index in [0.29, 0.717) is 17.9 Å². The van der Waals surface area contributed by atoms with Crippen molar-refractivity contribution in [3.05, 3.63) is 59.5 Å². The monoisotopic (exact) mass is 486 g/mol.